The largest absolute Gasteiger partial charge is 0.489 e. The molecular weight excluding hydrogens is 352 g/mol. The maximum atomic E-state index is 11.7. The van der Waals surface area contributed by atoms with Gasteiger partial charge in [-0.3, -0.25) is 0 Å². The zero-order valence-electron chi connectivity index (χ0n) is 14.4. The molecule has 10 heteroatoms. The third kappa shape index (κ3) is 6.87. The van der Waals surface area contributed by atoms with Crippen molar-refractivity contribution in [3.05, 3.63) is 18.2 Å². The standard InChI is InChI=1S/C15H22N2O7S/c1-15(2,3)24-14(20)17-11(13(18)19)8-23-12-6-5-9(7-10(12)16)25(4,21)22/h5-7,11H,8,16H2,1-4H3,(H,17,20)(H,18,19). The smallest absolute Gasteiger partial charge is 0.408 e. The minimum absolute atomic E-state index is 0.0130. The molecule has 0 aromatic heterocycles. The number of carbonyl (C=O) groups excluding carboxylic acids is 1. The normalized spacial score (nSPS) is 13.0. The molecular formula is C15H22N2O7S. The minimum Gasteiger partial charge on any atom is -0.489 e. The van der Waals surface area contributed by atoms with E-state index in [1.54, 1.807) is 20.8 Å². The average molecular weight is 374 g/mol. The van der Waals surface area contributed by atoms with Gasteiger partial charge in [0.25, 0.3) is 0 Å². The molecule has 1 rings (SSSR count). The lowest BCUT2D eigenvalue weighted by atomic mass is 10.2. The van der Waals surface area contributed by atoms with Crippen LogP contribution in [0.5, 0.6) is 5.75 Å². The summed E-state index contributed by atoms with van der Waals surface area (Å²) in [5.74, 6) is -1.22. The second-order valence-electron chi connectivity index (χ2n) is 6.32. The van der Waals surface area contributed by atoms with Gasteiger partial charge >= 0.3 is 12.1 Å². The lowest BCUT2D eigenvalue weighted by molar-refractivity contribution is -0.140. The first kappa shape index (κ1) is 20.6. The molecule has 0 aliphatic heterocycles. The van der Waals surface area contributed by atoms with Crippen LogP contribution >= 0.6 is 0 Å². The van der Waals surface area contributed by atoms with Crippen LogP contribution in [0.15, 0.2) is 23.1 Å². The summed E-state index contributed by atoms with van der Waals surface area (Å²) >= 11 is 0. The van der Waals surface area contributed by atoms with E-state index in [0.29, 0.717) is 0 Å². The molecule has 9 nitrogen and oxygen atoms in total. The van der Waals surface area contributed by atoms with Gasteiger partial charge in [0.1, 0.15) is 18.0 Å². The molecule has 25 heavy (non-hydrogen) atoms. The average Bonchev–Trinajstić information content (AvgIpc) is 2.41. The molecule has 140 valence electrons. The number of rotatable bonds is 6. The number of carbonyl (C=O) groups is 2. The van der Waals surface area contributed by atoms with Gasteiger partial charge in [0.05, 0.1) is 10.6 Å². The number of benzene rings is 1. The van der Waals surface area contributed by atoms with Gasteiger partial charge in [-0.1, -0.05) is 0 Å². The van der Waals surface area contributed by atoms with Crippen LogP contribution in [0.4, 0.5) is 10.5 Å². The Kier molecular flexibility index (Phi) is 6.25. The number of ether oxygens (including phenoxy) is 2. The number of aliphatic carboxylic acids is 1. The maximum absolute atomic E-state index is 11.7. The van der Waals surface area contributed by atoms with E-state index in [0.717, 1.165) is 6.26 Å². The van der Waals surface area contributed by atoms with Crippen molar-refractivity contribution in [3.63, 3.8) is 0 Å². The van der Waals surface area contributed by atoms with Crippen molar-refractivity contribution < 1.29 is 32.6 Å². The Morgan fingerprint density at radius 1 is 1.32 bits per heavy atom. The second-order valence-corrected chi connectivity index (χ2v) is 8.34. The summed E-state index contributed by atoms with van der Waals surface area (Å²) in [7, 11) is -3.42. The Morgan fingerprint density at radius 3 is 2.36 bits per heavy atom. The molecule has 4 N–H and O–H groups in total. The first-order chi connectivity index (χ1) is 11.3. The summed E-state index contributed by atoms with van der Waals surface area (Å²) in [6.07, 6.45) is 0.136. The Bertz CT molecular complexity index is 754. The lowest BCUT2D eigenvalue weighted by Gasteiger charge is -2.22. The highest BCUT2D eigenvalue weighted by molar-refractivity contribution is 7.90. The highest BCUT2D eigenvalue weighted by atomic mass is 32.2. The first-order valence-corrected chi connectivity index (χ1v) is 9.13. The first-order valence-electron chi connectivity index (χ1n) is 7.24. The summed E-state index contributed by atoms with van der Waals surface area (Å²) in [5.41, 5.74) is 4.97. The fraction of sp³-hybridized carbons (Fsp3) is 0.467. The Morgan fingerprint density at radius 2 is 1.92 bits per heavy atom. The zero-order valence-corrected chi connectivity index (χ0v) is 15.2. The number of anilines is 1. The Labute approximate surface area is 146 Å². The van der Waals surface area contributed by atoms with E-state index in [4.69, 9.17) is 20.3 Å². The van der Waals surface area contributed by atoms with Gasteiger partial charge < -0.3 is 25.6 Å². The van der Waals surface area contributed by atoms with E-state index in [-0.39, 0.29) is 16.3 Å². The van der Waals surface area contributed by atoms with Crippen LogP contribution in [-0.2, 0) is 19.4 Å². The Hall–Kier alpha value is -2.49. The van der Waals surface area contributed by atoms with E-state index in [9.17, 15) is 18.0 Å². The van der Waals surface area contributed by atoms with Crippen LogP contribution in [0.1, 0.15) is 20.8 Å². The number of hydrogen-bond acceptors (Lipinski definition) is 7. The molecule has 0 heterocycles. The van der Waals surface area contributed by atoms with Gasteiger partial charge in [-0.05, 0) is 39.0 Å². The topological polar surface area (TPSA) is 145 Å². The molecule has 1 atom stereocenters. The van der Waals surface area contributed by atoms with Gasteiger partial charge in [0, 0.05) is 6.26 Å². The van der Waals surface area contributed by atoms with Crippen LogP contribution in [0.25, 0.3) is 0 Å². The summed E-state index contributed by atoms with van der Waals surface area (Å²) in [6.45, 7) is 4.51. The van der Waals surface area contributed by atoms with Crippen molar-refractivity contribution in [1.82, 2.24) is 5.32 Å². The van der Waals surface area contributed by atoms with E-state index in [2.05, 4.69) is 5.32 Å². The number of nitrogens with two attached hydrogens (primary N) is 1. The number of hydrogen-bond donors (Lipinski definition) is 3. The molecule has 0 bridgehead atoms. The van der Waals surface area contributed by atoms with Crippen LogP contribution in [0.2, 0.25) is 0 Å². The third-order valence-corrected chi connectivity index (χ3v) is 3.91. The predicted molar refractivity (Wildman–Crippen MR) is 90.3 cm³/mol. The quantitative estimate of drug-likeness (QED) is 0.626. The van der Waals surface area contributed by atoms with Crippen molar-refractivity contribution in [2.45, 2.75) is 37.3 Å². The highest BCUT2D eigenvalue weighted by Crippen LogP contribution is 2.25. The molecule has 1 amide bonds. The second kappa shape index (κ2) is 7.60. The number of nitrogens with one attached hydrogen (secondary N) is 1. The van der Waals surface area contributed by atoms with Gasteiger partial charge in [-0.2, -0.15) is 0 Å². The summed E-state index contributed by atoms with van der Waals surface area (Å²) in [4.78, 5) is 22.9. The lowest BCUT2D eigenvalue weighted by Crippen LogP contribution is -2.46. The summed E-state index contributed by atoms with van der Waals surface area (Å²) < 4.78 is 33.2. The van der Waals surface area contributed by atoms with Crippen LogP contribution in [0.3, 0.4) is 0 Å². The molecule has 1 unspecified atom stereocenters. The molecule has 0 aliphatic carbocycles. The summed E-state index contributed by atoms with van der Waals surface area (Å²) in [6, 6.07) is 2.45. The molecule has 0 aliphatic rings. The molecule has 1 aromatic rings. The maximum Gasteiger partial charge on any atom is 0.408 e. The monoisotopic (exact) mass is 374 g/mol. The van der Waals surface area contributed by atoms with E-state index >= 15 is 0 Å². The van der Waals surface area contributed by atoms with Crippen LogP contribution in [0, 0.1) is 0 Å². The van der Waals surface area contributed by atoms with Gasteiger partial charge in [-0.25, -0.2) is 18.0 Å². The molecule has 1 aromatic carbocycles. The van der Waals surface area contributed by atoms with Crippen LogP contribution < -0.4 is 15.8 Å². The molecule has 0 fully saturated rings. The number of sulfone groups is 1. The third-order valence-electron chi connectivity index (χ3n) is 2.80. The SMILES string of the molecule is CC(C)(C)OC(=O)NC(COc1ccc(S(C)(=O)=O)cc1N)C(=O)O. The van der Waals surface area contributed by atoms with E-state index < -0.39 is 40.1 Å². The number of amides is 1. The molecule has 0 radical (unpaired) electrons. The van der Waals surface area contributed by atoms with Crippen molar-refractivity contribution in [3.8, 4) is 5.75 Å². The Balaban J connectivity index is 2.79. The number of carboxylic acid groups (broad SMARTS) is 1. The fourth-order valence-electron chi connectivity index (χ4n) is 1.69. The van der Waals surface area contributed by atoms with Gasteiger partial charge in [-0.15, -0.1) is 0 Å². The van der Waals surface area contributed by atoms with E-state index in [1.807, 2.05) is 0 Å². The van der Waals surface area contributed by atoms with Crippen molar-refractivity contribution >= 4 is 27.6 Å². The summed E-state index contributed by atoms with van der Waals surface area (Å²) in [5, 5.41) is 11.3. The fourth-order valence-corrected chi connectivity index (χ4v) is 2.34. The number of carboxylic acids is 1. The minimum atomic E-state index is -3.42. The highest BCUT2D eigenvalue weighted by Gasteiger charge is 2.25. The number of nitrogen functional groups attached to an aromatic ring is 1. The zero-order chi connectivity index (χ0) is 19.4. The molecule has 0 spiro atoms. The van der Waals surface area contributed by atoms with Gasteiger partial charge in [0.2, 0.25) is 0 Å². The van der Waals surface area contributed by atoms with Crippen molar-refractivity contribution in [2.75, 3.05) is 18.6 Å². The molecule has 0 saturated heterocycles. The number of alkyl carbamates (subject to hydrolysis) is 1. The molecule has 0 saturated carbocycles. The van der Waals surface area contributed by atoms with Gasteiger partial charge in [0.15, 0.2) is 15.9 Å². The van der Waals surface area contributed by atoms with Crippen molar-refractivity contribution in [1.29, 1.82) is 0 Å². The predicted octanol–water partition coefficient (Wildman–Crippen LogP) is 1.03. The van der Waals surface area contributed by atoms with E-state index in [1.165, 1.54) is 18.2 Å². The van der Waals surface area contributed by atoms with Crippen molar-refractivity contribution in [2.24, 2.45) is 0 Å². The van der Waals surface area contributed by atoms with Crippen LogP contribution in [-0.4, -0.2) is 50.1 Å².